The van der Waals surface area contributed by atoms with Crippen molar-refractivity contribution in [2.24, 2.45) is 0 Å². The number of hydrogen-bond donors (Lipinski definition) is 1. The predicted molar refractivity (Wildman–Crippen MR) is 127 cm³/mol. The number of aryl methyl sites for hydroxylation is 2. The summed E-state index contributed by atoms with van der Waals surface area (Å²) in [5.41, 5.74) is 6.37. The molecule has 2 aliphatic heterocycles. The summed E-state index contributed by atoms with van der Waals surface area (Å²) < 4.78 is 13.8. The van der Waals surface area contributed by atoms with Crippen molar-refractivity contribution in [3.63, 3.8) is 0 Å². The fourth-order valence-electron chi connectivity index (χ4n) is 5.40. The molecule has 172 valence electrons. The summed E-state index contributed by atoms with van der Waals surface area (Å²) in [7, 11) is 0. The summed E-state index contributed by atoms with van der Waals surface area (Å²) in [6.07, 6.45) is 8.22. The maximum Gasteiger partial charge on any atom is 0.241 e. The molecule has 2 fully saturated rings. The number of fused-ring (bicyclic) bond motifs is 2. The Bertz CT molecular complexity index is 1280. The van der Waals surface area contributed by atoms with Gasteiger partial charge in [-0.15, -0.1) is 5.10 Å². The van der Waals surface area contributed by atoms with Gasteiger partial charge in [-0.05, 0) is 68.4 Å². The van der Waals surface area contributed by atoms with Gasteiger partial charge in [-0.25, -0.2) is 9.50 Å². The zero-order chi connectivity index (χ0) is 22.4. The van der Waals surface area contributed by atoms with Gasteiger partial charge in [-0.2, -0.15) is 5.10 Å². The highest BCUT2D eigenvalue weighted by atomic mass is 16.5. The Kier molecular flexibility index (Phi) is 5.27. The Morgan fingerprint density at radius 2 is 1.79 bits per heavy atom. The zero-order valence-corrected chi connectivity index (χ0v) is 19.3. The fourth-order valence-corrected chi connectivity index (χ4v) is 5.40. The van der Waals surface area contributed by atoms with Crippen LogP contribution < -0.4 is 4.74 Å². The van der Waals surface area contributed by atoms with E-state index in [-0.39, 0.29) is 6.10 Å². The molecular formula is C25H30N6O2. The van der Waals surface area contributed by atoms with Crippen LogP contribution in [0.1, 0.15) is 36.8 Å². The molecule has 2 saturated heterocycles. The first-order valence-electron chi connectivity index (χ1n) is 11.9. The van der Waals surface area contributed by atoms with Gasteiger partial charge in [0.15, 0.2) is 5.65 Å². The van der Waals surface area contributed by atoms with E-state index < -0.39 is 0 Å². The molecule has 0 aliphatic carbocycles. The van der Waals surface area contributed by atoms with Crippen LogP contribution in [0.15, 0.2) is 30.7 Å². The maximum absolute atomic E-state index is 6.42. The number of pyridine rings is 1. The standard InChI is InChI=1S/C25H30N6O2/c1-16-11-18(19-12-17(2)24-26-15-27-31(24)14-19)13-22-23(16)25(29-28-22)33-21-3-7-30(8-4-21)20-5-9-32-10-6-20/h11-15,20-21H,3-10H2,1-2H3,(H,28,29). The van der Waals surface area contributed by atoms with E-state index in [1.54, 1.807) is 6.33 Å². The van der Waals surface area contributed by atoms with Crippen LogP contribution in [0.25, 0.3) is 27.7 Å². The number of nitrogens with one attached hydrogen (secondary N) is 1. The van der Waals surface area contributed by atoms with E-state index in [1.807, 2.05) is 10.7 Å². The number of aromatic amines is 1. The van der Waals surface area contributed by atoms with E-state index in [2.05, 4.69) is 57.2 Å². The average Bonchev–Trinajstić information content (AvgIpc) is 3.48. The third-order valence-electron chi connectivity index (χ3n) is 7.18. The number of H-pyrrole nitrogens is 1. The highest BCUT2D eigenvalue weighted by Crippen LogP contribution is 2.33. The van der Waals surface area contributed by atoms with Crippen LogP contribution in [-0.4, -0.2) is 68.1 Å². The summed E-state index contributed by atoms with van der Waals surface area (Å²) in [4.78, 5) is 6.94. The van der Waals surface area contributed by atoms with Crippen molar-refractivity contribution in [2.45, 2.75) is 51.7 Å². The predicted octanol–water partition coefficient (Wildman–Crippen LogP) is 3.91. The van der Waals surface area contributed by atoms with Gasteiger partial charge in [0.1, 0.15) is 12.4 Å². The Balaban J connectivity index is 1.21. The van der Waals surface area contributed by atoms with Crippen LogP contribution in [0.4, 0.5) is 0 Å². The molecule has 1 aromatic carbocycles. The van der Waals surface area contributed by atoms with Gasteiger partial charge in [0.2, 0.25) is 5.88 Å². The van der Waals surface area contributed by atoms with Gasteiger partial charge in [0, 0.05) is 44.1 Å². The molecule has 8 nitrogen and oxygen atoms in total. The number of hydrogen-bond acceptors (Lipinski definition) is 6. The minimum absolute atomic E-state index is 0.212. The lowest BCUT2D eigenvalue weighted by molar-refractivity contribution is 0.00967. The van der Waals surface area contributed by atoms with Crippen LogP contribution in [-0.2, 0) is 4.74 Å². The number of aromatic nitrogens is 5. The first-order chi connectivity index (χ1) is 16.2. The van der Waals surface area contributed by atoms with Gasteiger partial charge in [-0.1, -0.05) is 6.07 Å². The van der Waals surface area contributed by atoms with Crippen LogP contribution in [0.5, 0.6) is 5.88 Å². The van der Waals surface area contributed by atoms with Crippen LogP contribution in [0, 0.1) is 13.8 Å². The summed E-state index contributed by atoms with van der Waals surface area (Å²) in [5, 5.41) is 13.1. The third kappa shape index (κ3) is 3.87. The van der Waals surface area contributed by atoms with E-state index in [9.17, 15) is 0 Å². The van der Waals surface area contributed by atoms with E-state index in [4.69, 9.17) is 9.47 Å². The molecule has 0 bridgehead atoms. The fraction of sp³-hybridized carbons (Fsp3) is 0.480. The van der Waals surface area contributed by atoms with Crippen LogP contribution in [0.2, 0.25) is 0 Å². The topological polar surface area (TPSA) is 80.6 Å². The Hall–Kier alpha value is -2.97. The van der Waals surface area contributed by atoms with E-state index in [0.717, 1.165) is 96.7 Å². The lowest BCUT2D eigenvalue weighted by Crippen LogP contribution is -2.46. The second-order valence-electron chi connectivity index (χ2n) is 9.38. The number of nitrogens with zero attached hydrogens (tertiary/aromatic N) is 5. The van der Waals surface area contributed by atoms with Crippen molar-refractivity contribution in [3.8, 4) is 17.0 Å². The van der Waals surface area contributed by atoms with Gasteiger partial charge >= 0.3 is 0 Å². The lowest BCUT2D eigenvalue weighted by Gasteiger charge is -2.38. The van der Waals surface area contributed by atoms with Gasteiger partial charge < -0.3 is 9.47 Å². The molecule has 2 aliphatic rings. The van der Waals surface area contributed by atoms with Gasteiger partial charge in [0.25, 0.3) is 0 Å². The van der Waals surface area contributed by atoms with Crippen molar-refractivity contribution in [2.75, 3.05) is 26.3 Å². The quantitative estimate of drug-likeness (QED) is 0.512. The molecular weight excluding hydrogens is 416 g/mol. The van der Waals surface area contributed by atoms with E-state index >= 15 is 0 Å². The summed E-state index contributed by atoms with van der Waals surface area (Å²) in [5.74, 6) is 0.724. The maximum atomic E-state index is 6.42. The SMILES string of the molecule is Cc1cc(-c2cc(C)c3ncnn3c2)cc2[nH]nc(OC3CCN(C4CCOCC4)CC3)c12. The first kappa shape index (κ1) is 20.6. The number of rotatable bonds is 4. The normalized spacial score (nSPS) is 19.0. The molecule has 0 radical (unpaired) electrons. The van der Waals surface area contributed by atoms with Crippen molar-refractivity contribution in [3.05, 3.63) is 41.9 Å². The molecule has 0 unspecified atom stereocenters. The monoisotopic (exact) mass is 446 g/mol. The number of piperidine rings is 1. The zero-order valence-electron chi connectivity index (χ0n) is 19.3. The number of benzene rings is 1. The second kappa shape index (κ2) is 8.43. The van der Waals surface area contributed by atoms with Gasteiger partial charge in [-0.3, -0.25) is 10.00 Å². The van der Waals surface area contributed by atoms with Crippen LogP contribution >= 0.6 is 0 Å². The second-order valence-corrected chi connectivity index (χ2v) is 9.38. The molecule has 1 N–H and O–H groups in total. The highest BCUT2D eigenvalue weighted by molar-refractivity contribution is 5.91. The molecule has 0 atom stereocenters. The molecule has 0 spiro atoms. The number of ether oxygens (including phenoxy) is 2. The van der Waals surface area contributed by atoms with Crippen molar-refractivity contribution in [1.29, 1.82) is 0 Å². The Morgan fingerprint density at radius 1 is 1.00 bits per heavy atom. The summed E-state index contributed by atoms with van der Waals surface area (Å²) in [6.45, 7) is 8.16. The molecule has 4 aromatic rings. The molecule has 0 saturated carbocycles. The van der Waals surface area contributed by atoms with Crippen molar-refractivity contribution in [1.82, 2.24) is 29.7 Å². The van der Waals surface area contributed by atoms with Crippen LogP contribution in [0.3, 0.4) is 0 Å². The first-order valence-corrected chi connectivity index (χ1v) is 11.9. The molecule has 3 aromatic heterocycles. The Labute approximate surface area is 192 Å². The van der Waals surface area contributed by atoms with Crippen molar-refractivity contribution < 1.29 is 9.47 Å². The average molecular weight is 447 g/mol. The summed E-state index contributed by atoms with van der Waals surface area (Å²) >= 11 is 0. The lowest BCUT2D eigenvalue weighted by atomic mass is 10.0. The minimum atomic E-state index is 0.212. The third-order valence-corrected chi connectivity index (χ3v) is 7.18. The van der Waals surface area contributed by atoms with Gasteiger partial charge in [0.05, 0.1) is 10.9 Å². The van der Waals surface area contributed by atoms with Crippen molar-refractivity contribution >= 4 is 16.6 Å². The van der Waals surface area contributed by atoms with E-state index in [0.29, 0.717) is 6.04 Å². The molecule has 6 rings (SSSR count). The molecule has 0 amide bonds. The smallest absolute Gasteiger partial charge is 0.241 e. The highest BCUT2D eigenvalue weighted by Gasteiger charge is 2.28. The molecule has 5 heterocycles. The number of likely N-dealkylation sites (tertiary alicyclic amines) is 1. The Morgan fingerprint density at radius 3 is 2.61 bits per heavy atom. The molecule has 33 heavy (non-hydrogen) atoms. The minimum Gasteiger partial charge on any atom is -0.473 e. The molecule has 8 heteroatoms. The summed E-state index contributed by atoms with van der Waals surface area (Å²) in [6, 6.07) is 7.18. The van der Waals surface area contributed by atoms with E-state index in [1.165, 1.54) is 0 Å². The largest absolute Gasteiger partial charge is 0.473 e.